The van der Waals surface area contributed by atoms with Gasteiger partial charge in [-0.05, 0) is 51.1 Å². The highest BCUT2D eigenvalue weighted by Crippen LogP contribution is 2.40. The van der Waals surface area contributed by atoms with Gasteiger partial charge >= 0.3 is 0 Å². The van der Waals surface area contributed by atoms with Crippen LogP contribution in [0.3, 0.4) is 0 Å². The van der Waals surface area contributed by atoms with E-state index in [2.05, 4.69) is 71.0 Å². The molecule has 0 amide bonds. The van der Waals surface area contributed by atoms with Crippen LogP contribution in [0.4, 0.5) is 17.5 Å². The van der Waals surface area contributed by atoms with Gasteiger partial charge in [0.25, 0.3) is 0 Å². The van der Waals surface area contributed by atoms with Crippen LogP contribution in [0.2, 0.25) is 0 Å². The fraction of sp³-hybridized carbons (Fsp3) is 0.412. The molecule has 2 aromatic rings. The second-order valence-corrected chi connectivity index (χ2v) is 6.81. The average Bonchev–Trinajstić information content (AvgIpc) is 3.31. The molecule has 2 N–H and O–H groups in total. The molecule has 5 heteroatoms. The van der Waals surface area contributed by atoms with E-state index < -0.39 is 0 Å². The Kier molecular flexibility index (Phi) is 4.52. The maximum atomic E-state index is 4.64. The van der Waals surface area contributed by atoms with Gasteiger partial charge in [0.15, 0.2) is 0 Å². The number of thioether (sulfide) groups is 1. The van der Waals surface area contributed by atoms with Gasteiger partial charge < -0.3 is 10.6 Å². The van der Waals surface area contributed by atoms with Crippen LogP contribution in [0, 0.1) is 0 Å². The van der Waals surface area contributed by atoms with Crippen LogP contribution in [0.15, 0.2) is 35.2 Å². The van der Waals surface area contributed by atoms with Crippen LogP contribution in [0.1, 0.15) is 38.3 Å². The Hall–Kier alpha value is -1.75. The second kappa shape index (κ2) is 6.57. The summed E-state index contributed by atoms with van der Waals surface area (Å²) in [6.45, 7) is 4.20. The number of hydrogen-bond acceptors (Lipinski definition) is 5. The molecule has 1 fully saturated rings. The van der Waals surface area contributed by atoms with Crippen molar-refractivity contribution in [3.8, 4) is 0 Å². The maximum Gasteiger partial charge on any atom is 0.225 e. The molecular formula is C17H22N4S. The molecule has 4 nitrogen and oxygen atoms in total. The van der Waals surface area contributed by atoms with Crippen LogP contribution in [0.5, 0.6) is 0 Å². The molecule has 1 aliphatic carbocycles. The molecular weight excluding hydrogens is 292 g/mol. The van der Waals surface area contributed by atoms with Crippen LogP contribution < -0.4 is 10.6 Å². The summed E-state index contributed by atoms with van der Waals surface area (Å²) in [7, 11) is 0. The third kappa shape index (κ3) is 3.91. The van der Waals surface area contributed by atoms with E-state index in [-0.39, 0.29) is 0 Å². The van der Waals surface area contributed by atoms with Crippen molar-refractivity contribution in [3.05, 3.63) is 36.0 Å². The van der Waals surface area contributed by atoms with E-state index in [0.717, 1.165) is 17.2 Å². The van der Waals surface area contributed by atoms with Crippen molar-refractivity contribution in [1.29, 1.82) is 0 Å². The van der Waals surface area contributed by atoms with Gasteiger partial charge in [0.05, 0.1) is 5.69 Å². The first kappa shape index (κ1) is 15.2. The molecule has 1 aromatic carbocycles. The summed E-state index contributed by atoms with van der Waals surface area (Å²) in [4.78, 5) is 10.5. The van der Waals surface area contributed by atoms with E-state index >= 15 is 0 Å². The fourth-order valence-corrected chi connectivity index (χ4v) is 2.75. The monoisotopic (exact) mass is 314 g/mol. The Balaban J connectivity index is 1.86. The number of anilines is 3. The van der Waals surface area contributed by atoms with Gasteiger partial charge in [0.1, 0.15) is 5.82 Å². The Labute approximate surface area is 136 Å². The fourth-order valence-electron chi connectivity index (χ4n) is 2.29. The lowest BCUT2D eigenvalue weighted by Crippen LogP contribution is -2.14. The van der Waals surface area contributed by atoms with Gasteiger partial charge in [0, 0.05) is 28.6 Å². The normalized spacial score (nSPS) is 14.2. The zero-order valence-corrected chi connectivity index (χ0v) is 14.1. The van der Waals surface area contributed by atoms with Gasteiger partial charge in [-0.3, -0.25) is 0 Å². The van der Waals surface area contributed by atoms with E-state index in [0.29, 0.717) is 17.9 Å². The van der Waals surface area contributed by atoms with Crippen molar-refractivity contribution in [3.63, 3.8) is 0 Å². The molecule has 0 bridgehead atoms. The topological polar surface area (TPSA) is 49.8 Å². The van der Waals surface area contributed by atoms with Crippen molar-refractivity contribution in [2.45, 2.75) is 43.5 Å². The smallest absolute Gasteiger partial charge is 0.225 e. The highest BCUT2D eigenvalue weighted by molar-refractivity contribution is 7.98. The third-order valence-corrected chi connectivity index (χ3v) is 4.23. The first-order valence-corrected chi connectivity index (χ1v) is 8.93. The minimum absolute atomic E-state index is 0.321. The molecule has 3 rings (SSSR count). The number of hydrogen-bond donors (Lipinski definition) is 2. The summed E-state index contributed by atoms with van der Waals surface area (Å²) in [6.07, 6.45) is 4.55. The molecule has 1 aromatic heterocycles. The Morgan fingerprint density at radius 3 is 2.68 bits per heavy atom. The zero-order valence-electron chi connectivity index (χ0n) is 13.3. The van der Waals surface area contributed by atoms with E-state index in [1.807, 2.05) is 0 Å². The number of nitrogens with zero attached hydrogens (tertiary/aromatic N) is 2. The highest BCUT2D eigenvalue weighted by atomic mass is 32.2. The minimum Gasteiger partial charge on any atom is -0.352 e. The number of nitrogens with one attached hydrogen (secondary N) is 2. The zero-order chi connectivity index (χ0) is 15.5. The van der Waals surface area contributed by atoms with Crippen molar-refractivity contribution >= 4 is 29.2 Å². The first-order valence-electron chi connectivity index (χ1n) is 7.70. The van der Waals surface area contributed by atoms with Crippen molar-refractivity contribution in [1.82, 2.24) is 9.97 Å². The van der Waals surface area contributed by atoms with Gasteiger partial charge in [-0.1, -0.05) is 6.07 Å². The molecule has 0 atom stereocenters. The number of rotatable bonds is 6. The van der Waals surface area contributed by atoms with Crippen LogP contribution >= 0.6 is 11.8 Å². The summed E-state index contributed by atoms with van der Waals surface area (Å²) in [5, 5.41) is 6.72. The number of aromatic nitrogens is 2. The van der Waals surface area contributed by atoms with Crippen molar-refractivity contribution in [2.75, 3.05) is 16.9 Å². The SMILES string of the molecule is CSc1cccc(Nc2cc(C3CC3)nc(NC(C)C)n2)c1. The van der Waals surface area contributed by atoms with Crippen LogP contribution in [0.25, 0.3) is 0 Å². The van der Waals surface area contributed by atoms with Crippen LogP contribution in [-0.4, -0.2) is 22.3 Å². The Morgan fingerprint density at radius 1 is 1.18 bits per heavy atom. The van der Waals surface area contributed by atoms with Gasteiger partial charge in [0.2, 0.25) is 5.95 Å². The molecule has 0 unspecified atom stereocenters. The largest absolute Gasteiger partial charge is 0.352 e. The lowest BCUT2D eigenvalue weighted by atomic mass is 10.2. The summed E-state index contributed by atoms with van der Waals surface area (Å²) in [5.74, 6) is 2.18. The van der Waals surface area contributed by atoms with Crippen molar-refractivity contribution < 1.29 is 0 Å². The lowest BCUT2D eigenvalue weighted by molar-refractivity contribution is 0.864. The van der Waals surface area contributed by atoms with E-state index in [4.69, 9.17) is 0 Å². The number of benzene rings is 1. The molecule has 1 aliphatic rings. The summed E-state index contributed by atoms with van der Waals surface area (Å²) in [6, 6.07) is 10.8. The average molecular weight is 314 g/mol. The van der Waals surface area contributed by atoms with Crippen molar-refractivity contribution in [2.24, 2.45) is 0 Å². The Morgan fingerprint density at radius 2 is 2.00 bits per heavy atom. The predicted octanol–water partition coefficient (Wildman–Crippen LogP) is 4.64. The Bertz CT molecular complexity index is 653. The molecule has 0 spiro atoms. The maximum absolute atomic E-state index is 4.64. The molecule has 0 aliphatic heterocycles. The highest BCUT2D eigenvalue weighted by Gasteiger charge is 2.26. The first-order chi connectivity index (χ1) is 10.6. The lowest BCUT2D eigenvalue weighted by Gasteiger charge is -2.13. The minimum atomic E-state index is 0.321. The van der Waals surface area contributed by atoms with E-state index in [1.165, 1.54) is 17.7 Å². The third-order valence-electron chi connectivity index (χ3n) is 3.50. The van der Waals surface area contributed by atoms with Gasteiger partial charge in [-0.25, -0.2) is 4.98 Å². The summed E-state index contributed by atoms with van der Waals surface area (Å²) in [5.41, 5.74) is 2.20. The molecule has 1 saturated carbocycles. The van der Waals surface area contributed by atoms with E-state index in [9.17, 15) is 0 Å². The van der Waals surface area contributed by atoms with Gasteiger partial charge in [-0.2, -0.15) is 4.98 Å². The van der Waals surface area contributed by atoms with Crippen LogP contribution in [-0.2, 0) is 0 Å². The summed E-state index contributed by atoms with van der Waals surface area (Å²) < 4.78 is 0. The van der Waals surface area contributed by atoms with Gasteiger partial charge in [-0.15, -0.1) is 11.8 Å². The second-order valence-electron chi connectivity index (χ2n) is 5.93. The molecule has 116 valence electrons. The molecule has 1 heterocycles. The standard InChI is InChI=1S/C17H22N4S/c1-11(2)18-17-20-15(12-7-8-12)10-16(21-17)19-13-5-4-6-14(9-13)22-3/h4-6,9-12H,7-8H2,1-3H3,(H2,18,19,20,21). The quantitative estimate of drug-likeness (QED) is 0.761. The molecule has 0 radical (unpaired) electrons. The van der Waals surface area contributed by atoms with E-state index in [1.54, 1.807) is 11.8 Å². The molecule has 0 saturated heterocycles. The molecule has 22 heavy (non-hydrogen) atoms. The summed E-state index contributed by atoms with van der Waals surface area (Å²) >= 11 is 1.74. The predicted molar refractivity (Wildman–Crippen MR) is 94.3 cm³/mol.